The van der Waals surface area contributed by atoms with Gasteiger partial charge in [-0.15, -0.1) is 11.3 Å². The molecule has 30 heavy (non-hydrogen) atoms. The van der Waals surface area contributed by atoms with Crippen LogP contribution in [-0.2, 0) is 9.59 Å². The number of anilines is 1. The van der Waals surface area contributed by atoms with Crippen LogP contribution in [0.3, 0.4) is 0 Å². The van der Waals surface area contributed by atoms with E-state index in [9.17, 15) is 9.59 Å². The summed E-state index contributed by atoms with van der Waals surface area (Å²) < 4.78 is 0. The third-order valence-corrected chi connectivity index (χ3v) is 9.35. The van der Waals surface area contributed by atoms with Crippen molar-refractivity contribution in [3.63, 3.8) is 0 Å². The first-order chi connectivity index (χ1) is 14.4. The zero-order valence-electron chi connectivity index (χ0n) is 18.4. The van der Waals surface area contributed by atoms with Crippen LogP contribution in [-0.4, -0.2) is 34.3 Å². The molecule has 1 aromatic heterocycles. The molecule has 6 rings (SSSR count). The minimum atomic E-state index is -0.180. The molecule has 5 fully saturated rings. The Hall–Kier alpha value is -1.43. The third kappa shape index (κ3) is 3.80. The van der Waals surface area contributed by atoms with Gasteiger partial charge in [0.05, 0.1) is 11.1 Å². The summed E-state index contributed by atoms with van der Waals surface area (Å²) in [6.45, 7) is 4.17. The maximum atomic E-state index is 14.1. The number of hydrogen-bond donors (Lipinski definition) is 1. The molecule has 5 aliphatic carbocycles. The average Bonchev–Trinajstić information content (AvgIpc) is 3.02. The van der Waals surface area contributed by atoms with Crippen molar-refractivity contribution in [3.05, 3.63) is 10.6 Å². The summed E-state index contributed by atoms with van der Waals surface area (Å²) in [4.78, 5) is 34.6. The predicted octanol–water partition coefficient (Wildman–Crippen LogP) is 5.08. The van der Waals surface area contributed by atoms with Crippen LogP contribution in [0.4, 0.5) is 5.13 Å². The lowest BCUT2D eigenvalue weighted by Gasteiger charge is -2.57. The van der Waals surface area contributed by atoms with E-state index in [2.05, 4.69) is 10.3 Å². The number of aromatic nitrogens is 1. The van der Waals surface area contributed by atoms with Gasteiger partial charge >= 0.3 is 0 Å². The number of rotatable bonds is 5. The summed E-state index contributed by atoms with van der Waals surface area (Å²) >= 11 is 1.51. The van der Waals surface area contributed by atoms with Crippen molar-refractivity contribution < 1.29 is 9.59 Å². The number of thiazole rings is 1. The highest BCUT2D eigenvalue weighted by Crippen LogP contribution is 2.60. The molecule has 4 bridgehead atoms. The SMILES string of the molecule is Cc1nc(NC(=O)CN(C(=O)C23CC4CC(CC(C4)C2)C3)C2CCCCC2)sc1C. The molecular weight excluding hydrogens is 394 g/mol. The number of nitrogens with zero attached hydrogens (tertiary/aromatic N) is 2. The van der Waals surface area contributed by atoms with E-state index in [0.717, 1.165) is 60.4 Å². The van der Waals surface area contributed by atoms with Crippen LogP contribution in [0, 0.1) is 37.0 Å². The van der Waals surface area contributed by atoms with E-state index >= 15 is 0 Å². The zero-order valence-corrected chi connectivity index (χ0v) is 19.2. The first-order valence-electron chi connectivity index (χ1n) is 12.0. The first-order valence-corrected chi connectivity index (χ1v) is 12.8. The van der Waals surface area contributed by atoms with Gasteiger partial charge in [0.15, 0.2) is 5.13 Å². The molecule has 0 aliphatic heterocycles. The van der Waals surface area contributed by atoms with E-state index in [1.165, 1.54) is 49.9 Å². The Morgan fingerprint density at radius 2 is 1.63 bits per heavy atom. The number of nitrogens with one attached hydrogen (secondary N) is 1. The van der Waals surface area contributed by atoms with Crippen molar-refractivity contribution in [2.45, 2.75) is 90.5 Å². The topological polar surface area (TPSA) is 62.3 Å². The molecule has 0 spiro atoms. The molecule has 164 valence electrons. The van der Waals surface area contributed by atoms with Crippen LogP contribution in [0.5, 0.6) is 0 Å². The van der Waals surface area contributed by atoms with Crippen LogP contribution >= 0.6 is 11.3 Å². The first kappa shape index (κ1) is 20.5. The summed E-state index contributed by atoms with van der Waals surface area (Å²) in [7, 11) is 0. The quantitative estimate of drug-likeness (QED) is 0.710. The number of aryl methyl sites for hydroxylation is 2. The summed E-state index contributed by atoms with van der Waals surface area (Å²) in [6, 6.07) is 0.227. The van der Waals surface area contributed by atoms with Gasteiger partial charge in [-0.1, -0.05) is 19.3 Å². The van der Waals surface area contributed by atoms with Crippen molar-refractivity contribution in [2.75, 3.05) is 11.9 Å². The van der Waals surface area contributed by atoms with Crippen molar-refractivity contribution in [1.29, 1.82) is 0 Å². The zero-order chi connectivity index (χ0) is 20.9. The van der Waals surface area contributed by atoms with Gasteiger partial charge in [0.25, 0.3) is 0 Å². The van der Waals surface area contributed by atoms with Crippen LogP contribution < -0.4 is 5.32 Å². The fourth-order valence-corrected chi connectivity index (χ4v) is 8.11. The summed E-state index contributed by atoms with van der Waals surface area (Å²) in [5.41, 5.74) is 0.782. The van der Waals surface area contributed by atoms with Crippen molar-refractivity contribution in [2.24, 2.45) is 23.2 Å². The van der Waals surface area contributed by atoms with Gasteiger partial charge in [-0.2, -0.15) is 0 Å². The van der Waals surface area contributed by atoms with Gasteiger partial charge in [0.2, 0.25) is 11.8 Å². The number of carbonyl (C=O) groups excluding carboxylic acids is 2. The molecule has 1 aromatic rings. The van der Waals surface area contributed by atoms with Gasteiger partial charge in [0.1, 0.15) is 6.54 Å². The molecule has 5 aliphatic rings. The summed E-state index contributed by atoms with van der Waals surface area (Å²) in [6.07, 6.45) is 12.9. The van der Waals surface area contributed by atoms with E-state index in [1.807, 2.05) is 18.7 Å². The van der Waals surface area contributed by atoms with Crippen LogP contribution in [0.15, 0.2) is 0 Å². The van der Waals surface area contributed by atoms with E-state index < -0.39 is 0 Å². The molecule has 1 heterocycles. The monoisotopic (exact) mass is 429 g/mol. The molecule has 0 aromatic carbocycles. The van der Waals surface area contributed by atoms with Gasteiger partial charge < -0.3 is 10.2 Å². The van der Waals surface area contributed by atoms with Crippen molar-refractivity contribution in [1.82, 2.24) is 9.88 Å². The number of hydrogen-bond acceptors (Lipinski definition) is 4. The maximum absolute atomic E-state index is 14.1. The molecule has 0 unspecified atom stereocenters. The predicted molar refractivity (Wildman–Crippen MR) is 119 cm³/mol. The van der Waals surface area contributed by atoms with E-state index in [1.54, 1.807) is 0 Å². The Kier molecular flexibility index (Phi) is 5.41. The standard InChI is InChI=1S/C24H35N3O2S/c1-15-16(2)30-23(25-15)26-21(28)14-27(20-6-4-3-5-7-20)22(29)24-11-17-8-18(12-24)10-19(9-17)13-24/h17-20H,3-14H2,1-2H3,(H,25,26,28). The van der Waals surface area contributed by atoms with Gasteiger partial charge in [0, 0.05) is 10.9 Å². The summed E-state index contributed by atoms with van der Waals surface area (Å²) in [5, 5.41) is 3.63. The Morgan fingerprint density at radius 1 is 1.03 bits per heavy atom. The Balaban J connectivity index is 1.35. The van der Waals surface area contributed by atoms with E-state index in [4.69, 9.17) is 0 Å². The van der Waals surface area contributed by atoms with Gasteiger partial charge in [-0.05, 0) is 83.0 Å². The largest absolute Gasteiger partial charge is 0.330 e. The van der Waals surface area contributed by atoms with E-state index in [-0.39, 0.29) is 23.9 Å². The second kappa shape index (κ2) is 7.92. The third-order valence-electron chi connectivity index (χ3n) is 8.36. The maximum Gasteiger partial charge on any atom is 0.245 e. The second-order valence-corrected chi connectivity index (χ2v) is 11.8. The minimum absolute atomic E-state index is 0.0904. The normalized spacial score (nSPS) is 32.9. The molecular formula is C24H35N3O2S. The Labute approximate surface area is 184 Å². The highest BCUT2D eigenvalue weighted by atomic mass is 32.1. The number of carbonyl (C=O) groups is 2. The van der Waals surface area contributed by atoms with Gasteiger partial charge in [-0.25, -0.2) is 4.98 Å². The minimum Gasteiger partial charge on any atom is -0.330 e. The average molecular weight is 430 g/mol. The second-order valence-electron chi connectivity index (χ2n) is 10.6. The molecule has 5 saturated carbocycles. The highest BCUT2D eigenvalue weighted by Gasteiger charge is 2.56. The van der Waals surface area contributed by atoms with Crippen LogP contribution in [0.25, 0.3) is 0 Å². The smallest absolute Gasteiger partial charge is 0.245 e. The lowest BCUT2D eigenvalue weighted by molar-refractivity contribution is -0.162. The van der Waals surface area contributed by atoms with Crippen LogP contribution in [0.1, 0.15) is 81.2 Å². The highest BCUT2D eigenvalue weighted by molar-refractivity contribution is 7.15. The molecule has 0 radical (unpaired) electrons. The van der Waals surface area contributed by atoms with Crippen molar-refractivity contribution >= 4 is 28.3 Å². The molecule has 6 heteroatoms. The Bertz CT molecular complexity index is 772. The fraction of sp³-hybridized carbons (Fsp3) is 0.792. The molecule has 2 amide bonds. The summed E-state index contributed by atoms with van der Waals surface area (Å²) in [5.74, 6) is 2.43. The van der Waals surface area contributed by atoms with E-state index in [0.29, 0.717) is 11.0 Å². The van der Waals surface area contributed by atoms with Crippen molar-refractivity contribution in [3.8, 4) is 0 Å². The molecule has 0 saturated heterocycles. The Morgan fingerprint density at radius 3 is 2.17 bits per heavy atom. The number of amides is 2. The molecule has 0 atom stereocenters. The molecule has 5 nitrogen and oxygen atoms in total. The molecule has 1 N–H and O–H groups in total. The van der Waals surface area contributed by atoms with Crippen LogP contribution in [0.2, 0.25) is 0 Å². The lowest BCUT2D eigenvalue weighted by Crippen LogP contribution is -2.57. The fourth-order valence-electron chi connectivity index (χ4n) is 7.28. The van der Waals surface area contributed by atoms with Gasteiger partial charge in [-0.3, -0.25) is 9.59 Å². The lowest BCUT2D eigenvalue weighted by atomic mass is 9.49.